The van der Waals surface area contributed by atoms with E-state index >= 15 is 0 Å². The molecule has 2 rings (SSSR count). The van der Waals surface area contributed by atoms with Crippen LogP contribution in [0.15, 0.2) is 30.3 Å². The van der Waals surface area contributed by atoms with E-state index in [2.05, 4.69) is 0 Å². The lowest BCUT2D eigenvalue weighted by atomic mass is 10.0. The maximum atomic E-state index is 10.9. The maximum Gasteiger partial charge on any atom is 0.336 e. The Morgan fingerprint density at radius 1 is 0.824 bits per heavy atom. The van der Waals surface area contributed by atoms with Crippen molar-refractivity contribution in [3.05, 3.63) is 41.5 Å². The SMILES string of the molecule is O=C(O)c1cc2ccc(O)cc2cc1C(=O)O. The van der Waals surface area contributed by atoms with Gasteiger partial charge in [0.15, 0.2) is 0 Å². The molecule has 0 aliphatic rings. The van der Waals surface area contributed by atoms with Gasteiger partial charge in [0.2, 0.25) is 0 Å². The lowest BCUT2D eigenvalue weighted by Crippen LogP contribution is -2.07. The van der Waals surface area contributed by atoms with Gasteiger partial charge in [-0.05, 0) is 35.0 Å². The summed E-state index contributed by atoms with van der Waals surface area (Å²) in [4.78, 5) is 21.9. The lowest BCUT2D eigenvalue weighted by Gasteiger charge is -2.05. The first-order valence-electron chi connectivity index (χ1n) is 4.72. The average molecular weight is 232 g/mol. The van der Waals surface area contributed by atoms with E-state index in [0.29, 0.717) is 10.8 Å². The third-order valence-electron chi connectivity index (χ3n) is 2.42. The highest BCUT2D eigenvalue weighted by Gasteiger charge is 2.16. The summed E-state index contributed by atoms with van der Waals surface area (Å²) in [6, 6.07) is 6.84. The predicted molar refractivity (Wildman–Crippen MR) is 59.5 cm³/mol. The first-order chi connectivity index (χ1) is 7.99. The van der Waals surface area contributed by atoms with Crippen LogP contribution in [-0.4, -0.2) is 27.3 Å². The Balaban J connectivity index is 2.81. The van der Waals surface area contributed by atoms with Crippen molar-refractivity contribution in [3.63, 3.8) is 0 Å². The Morgan fingerprint density at radius 2 is 1.35 bits per heavy atom. The van der Waals surface area contributed by atoms with Gasteiger partial charge in [0, 0.05) is 0 Å². The number of carbonyl (C=O) groups is 2. The van der Waals surface area contributed by atoms with E-state index in [1.165, 1.54) is 30.3 Å². The smallest absolute Gasteiger partial charge is 0.336 e. The molecule has 0 amide bonds. The second kappa shape index (κ2) is 3.79. The van der Waals surface area contributed by atoms with Crippen molar-refractivity contribution in [3.8, 4) is 5.75 Å². The fraction of sp³-hybridized carbons (Fsp3) is 0. The van der Waals surface area contributed by atoms with Crippen molar-refractivity contribution in [1.82, 2.24) is 0 Å². The van der Waals surface area contributed by atoms with Crippen molar-refractivity contribution in [2.24, 2.45) is 0 Å². The number of hydrogen-bond acceptors (Lipinski definition) is 3. The number of fused-ring (bicyclic) bond motifs is 1. The van der Waals surface area contributed by atoms with Gasteiger partial charge in [-0.3, -0.25) is 0 Å². The number of carboxylic acids is 2. The minimum atomic E-state index is -1.31. The Bertz CT molecular complexity index is 630. The van der Waals surface area contributed by atoms with E-state index < -0.39 is 11.9 Å². The van der Waals surface area contributed by atoms with Crippen LogP contribution >= 0.6 is 0 Å². The number of phenols is 1. The van der Waals surface area contributed by atoms with Crippen LogP contribution in [-0.2, 0) is 0 Å². The summed E-state index contributed by atoms with van der Waals surface area (Å²) < 4.78 is 0. The number of aromatic carboxylic acids is 2. The number of benzene rings is 2. The molecule has 0 bridgehead atoms. The average Bonchev–Trinajstić information content (AvgIpc) is 2.26. The van der Waals surface area contributed by atoms with Crippen LogP contribution in [0.4, 0.5) is 0 Å². The molecule has 86 valence electrons. The van der Waals surface area contributed by atoms with Gasteiger partial charge in [-0.25, -0.2) is 9.59 Å². The van der Waals surface area contributed by atoms with Gasteiger partial charge in [0.1, 0.15) is 5.75 Å². The van der Waals surface area contributed by atoms with Gasteiger partial charge in [0.05, 0.1) is 11.1 Å². The van der Waals surface area contributed by atoms with E-state index in [1.807, 2.05) is 0 Å². The molecule has 2 aromatic carbocycles. The summed E-state index contributed by atoms with van der Waals surface area (Å²) in [6.45, 7) is 0. The highest BCUT2D eigenvalue weighted by molar-refractivity contribution is 6.06. The number of aromatic hydroxyl groups is 1. The molecule has 5 nitrogen and oxygen atoms in total. The van der Waals surface area contributed by atoms with Crippen molar-refractivity contribution >= 4 is 22.7 Å². The van der Waals surface area contributed by atoms with Crippen LogP contribution in [0.2, 0.25) is 0 Å². The standard InChI is InChI=1S/C12H8O5/c13-8-2-1-6-4-9(11(14)15)10(12(16)17)5-7(6)3-8/h1-5,13H,(H,14,15)(H,16,17). The topological polar surface area (TPSA) is 94.8 Å². The molecule has 0 atom stereocenters. The second-order valence-corrected chi connectivity index (χ2v) is 3.54. The monoisotopic (exact) mass is 232 g/mol. The summed E-state index contributed by atoms with van der Waals surface area (Å²) >= 11 is 0. The molecule has 3 N–H and O–H groups in total. The molecule has 0 saturated carbocycles. The maximum absolute atomic E-state index is 10.9. The molecule has 0 unspecified atom stereocenters. The van der Waals surface area contributed by atoms with E-state index in [1.54, 1.807) is 0 Å². The zero-order valence-electron chi connectivity index (χ0n) is 8.54. The highest BCUT2D eigenvalue weighted by Crippen LogP contribution is 2.24. The van der Waals surface area contributed by atoms with Crippen LogP contribution in [0.1, 0.15) is 20.7 Å². The van der Waals surface area contributed by atoms with E-state index in [-0.39, 0.29) is 16.9 Å². The van der Waals surface area contributed by atoms with E-state index in [4.69, 9.17) is 10.2 Å². The molecule has 0 radical (unpaired) electrons. The van der Waals surface area contributed by atoms with Gasteiger partial charge in [0.25, 0.3) is 0 Å². The highest BCUT2D eigenvalue weighted by atomic mass is 16.4. The van der Waals surface area contributed by atoms with E-state index in [0.717, 1.165) is 0 Å². The quantitative estimate of drug-likeness (QED) is 0.735. The van der Waals surface area contributed by atoms with Gasteiger partial charge in [-0.15, -0.1) is 0 Å². The zero-order valence-corrected chi connectivity index (χ0v) is 8.54. The number of hydrogen-bond donors (Lipinski definition) is 3. The fourth-order valence-electron chi connectivity index (χ4n) is 1.64. The third kappa shape index (κ3) is 1.90. The largest absolute Gasteiger partial charge is 0.508 e. The van der Waals surface area contributed by atoms with Gasteiger partial charge in [-0.1, -0.05) is 6.07 Å². The van der Waals surface area contributed by atoms with Crippen molar-refractivity contribution in [1.29, 1.82) is 0 Å². The molecule has 0 fully saturated rings. The van der Waals surface area contributed by atoms with Crippen LogP contribution < -0.4 is 0 Å². The molecular weight excluding hydrogens is 224 g/mol. The van der Waals surface area contributed by atoms with Crippen LogP contribution in [0.25, 0.3) is 10.8 Å². The van der Waals surface area contributed by atoms with Gasteiger partial charge in [-0.2, -0.15) is 0 Å². The van der Waals surface area contributed by atoms with Crippen molar-refractivity contribution in [2.45, 2.75) is 0 Å². The Labute approximate surface area is 95.5 Å². The second-order valence-electron chi connectivity index (χ2n) is 3.54. The third-order valence-corrected chi connectivity index (χ3v) is 2.42. The molecule has 0 spiro atoms. The summed E-state index contributed by atoms with van der Waals surface area (Å²) in [5.74, 6) is -2.61. The van der Waals surface area contributed by atoms with Gasteiger partial charge < -0.3 is 15.3 Å². The normalized spacial score (nSPS) is 10.4. The molecule has 0 aliphatic heterocycles. The molecule has 0 heterocycles. The summed E-state index contributed by atoms with van der Waals surface area (Å²) in [5, 5.41) is 28.1. The summed E-state index contributed by atoms with van der Waals surface area (Å²) in [5.41, 5.74) is -0.564. The van der Waals surface area contributed by atoms with Gasteiger partial charge >= 0.3 is 11.9 Å². The Kier molecular flexibility index (Phi) is 2.44. The molecular formula is C12H8O5. The first-order valence-corrected chi connectivity index (χ1v) is 4.72. The van der Waals surface area contributed by atoms with Crippen molar-refractivity contribution in [2.75, 3.05) is 0 Å². The zero-order chi connectivity index (χ0) is 12.6. The summed E-state index contributed by atoms with van der Waals surface area (Å²) in [6.07, 6.45) is 0. The van der Waals surface area contributed by atoms with E-state index in [9.17, 15) is 14.7 Å². The molecule has 0 aliphatic carbocycles. The molecule has 17 heavy (non-hydrogen) atoms. The predicted octanol–water partition coefficient (Wildman–Crippen LogP) is 1.94. The van der Waals surface area contributed by atoms with Crippen LogP contribution in [0, 0.1) is 0 Å². The van der Waals surface area contributed by atoms with Crippen molar-refractivity contribution < 1.29 is 24.9 Å². The Morgan fingerprint density at radius 3 is 1.88 bits per heavy atom. The minimum absolute atomic E-state index is 0.00286. The molecule has 0 saturated heterocycles. The molecule has 2 aromatic rings. The minimum Gasteiger partial charge on any atom is -0.508 e. The Hall–Kier alpha value is -2.56. The van der Waals surface area contributed by atoms with Crippen LogP contribution in [0.3, 0.4) is 0 Å². The molecule has 5 heteroatoms. The number of phenolic OH excluding ortho intramolecular Hbond substituents is 1. The number of carboxylic acid groups (broad SMARTS) is 2. The fourth-order valence-corrected chi connectivity index (χ4v) is 1.64. The summed E-state index contributed by atoms with van der Waals surface area (Å²) in [7, 11) is 0. The van der Waals surface area contributed by atoms with Crippen LogP contribution in [0.5, 0.6) is 5.75 Å². The lowest BCUT2D eigenvalue weighted by molar-refractivity contribution is 0.0652. The number of rotatable bonds is 2. The molecule has 0 aromatic heterocycles. The first kappa shape index (κ1) is 10.9.